The van der Waals surface area contributed by atoms with E-state index in [9.17, 15) is 25.1 Å². The summed E-state index contributed by atoms with van der Waals surface area (Å²) >= 11 is 1.43. The van der Waals surface area contributed by atoms with Crippen molar-refractivity contribution >= 4 is 23.9 Å². The number of rotatable bonds is 5. The number of benzene rings is 3. The Kier molecular flexibility index (Phi) is 9.11. The lowest BCUT2D eigenvalue weighted by Crippen LogP contribution is -2.69. The van der Waals surface area contributed by atoms with Gasteiger partial charge in [-0.05, 0) is 61.1 Å². The number of phenols is 2. The Morgan fingerprint density at radius 1 is 1.11 bits per heavy atom. The zero-order valence-electron chi connectivity index (χ0n) is 31.8. The van der Waals surface area contributed by atoms with Crippen LogP contribution in [0.5, 0.6) is 40.2 Å². The van der Waals surface area contributed by atoms with E-state index in [1.807, 2.05) is 13.0 Å². The van der Waals surface area contributed by atoms with Gasteiger partial charge in [0.25, 0.3) is 0 Å². The Labute approximate surface area is 332 Å². The van der Waals surface area contributed by atoms with Crippen LogP contribution in [0.4, 0.5) is 4.79 Å². The molecule has 0 aromatic heterocycles. The number of nitriles is 1. The molecule has 0 saturated carbocycles. The molecule has 1 unspecified atom stereocenters. The second-order valence-electron chi connectivity index (χ2n) is 15.0. The van der Waals surface area contributed by atoms with E-state index in [1.165, 1.54) is 32.1 Å². The minimum absolute atomic E-state index is 0.000942. The summed E-state index contributed by atoms with van der Waals surface area (Å²) in [6, 6.07) is 4.79. The maximum Gasteiger partial charge on any atom is 0.514 e. The first-order chi connectivity index (χ1) is 27.6. The number of carbonyl (C=O) groups is 2. The van der Waals surface area contributed by atoms with Gasteiger partial charge in [0.1, 0.15) is 25.0 Å². The third-order valence-electron chi connectivity index (χ3n) is 12.2. The molecule has 2 saturated heterocycles. The first-order valence-corrected chi connectivity index (χ1v) is 19.8. The molecule has 4 N–H and O–H groups in total. The normalized spacial score (nSPS) is 27.8. The summed E-state index contributed by atoms with van der Waals surface area (Å²) in [5.74, 6) is 1.07. The number of methoxy groups -OCH3 is 2. The van der Waals surface area contributed by atoms with E-state index in [2.05, 4.69) is 28.2 Å². The number of thioether (sulfide) groups is 1. The number of ether oxygens (including phenoxy) is 7. The molecule has 7 aliphatic heterocycles. The van der Waals surface area contributed by atoms with Crippen LogP contribution in [0.1, 0.15) is 61.8 Å². The molecule has 1 spiro atoms. The number of hydrogen-bond acceptors (Lipinski definition) is 16. The fourth-order valence-corrected chi connectivity index (χ4v) is 11.6. The average molecular weight is 799 g/mol. The molecule has 7 heterocycles. The Hall–Kier alpha value is -5.34. The Morgan fingerprint density at radius 3 is 2.67 bits per heavy atom. The number of nitrogens with one attached hydrogen (secondary N) is 2. The highest BCUT2D eigenvalue weighted by Crippen LogP contribution is 2.63. The number of esters is 1. The molecule has 57 heavy (non-hydrogen) atoms. The van der Waals surface area contributed by atoms with E-state index in [1.54, 1.807) is 19.1 Å². The van der Waals surface area contributed by atoms with E-state index < -0.39 is 47.1 Å². The van der Waals surface area contributed by atoms with Crippen LogP contribution in [0.2, 0.25) is 0 Å². The molecule has 3 aromatic carbocycles. The molecule has 4 bridgehead atoms. The van der Waals surface area contributed by atoms with Crippen molar-refractivity contribution in [1.82, 2.24) is 15.5 Å². The van der Waals surface area contributed by atoms with Crippen LogP contribution in [-0.4, -0.2) is 91.9 Å². The number of nitrogens with zero attached hydrogens (tertiary/aromatic N) is 2. The second kappa shape index (κ2) is 13.9. The average Bonchev–Trinajstić information content (AvgIpc) is 3.70. The molecule has 0 aliphatic carbocycles. The smallest absolute Gasteiger partial charge is 0.504 e. The number of aryl methyl sites for hydroxylation is 1. The Balaban J connectivity index is 1.31. The first kappa shape index (κ1) is 37.2. The van der Waals surface area contributed by atoms with Gasteiger partial charge in [-0.15, -0.1) is 11.8 Å². The molecule has 15 nitrogen and oxygen atoms in total. The predicted octanol–water partition coefficient (Wildman–Crippen LogP) is 4.42. The van der Waals surface area contributed by atoms with Gasteiger partial charge < -0.3 is 48.7 Å². The van der Waals surface area contributed by atoms with Gasteiger partial charge in [-0.2, -0.15) is 5.26 Å². The van der Waals surface area contributed by atoms with Crippen molar-refractivity contribution in [3.05, 3.63) is 75.4 Å². The summed E-state index contributed by atoms with van der Waals surface area (Å²) in [4.78, 5) is 30.2. The van der Waals surface area contributed by atoms with Crippen LogP contribution in [0, 0.1) is 25.2 Å². The van der Waals surface area contributed by atoms with Gasteiger partial charge in [0.2, 0.25) is 6.79 Å². The van der Waals surface area contributed by atoms with E-state index in [0.717, 1.165) is 16.7 Å². The van der Waals surface area contributed by atoms with Crippen LogP contribution in [0.15, 0.2) is 30.9 Å². The highest BCUT2D eigenvalue weighted by atomic mass is 32.2. The number of phenolic OH excluding ortho intramolecular Hbond substituents is 2. The van der Waals surface area contributed by atoms with Crippen LogP contribution in [0.3, 0.4) is 0 Å². The van der Waals surface area contributed by atoms with E-state index >= 15 is 0 Å². The van der Waals surface area contributed by atoms with E-state index in [4.69, 9.17) is 33.2 Å². The highest BCUT2D eigenvalue weighted by Gasteiger charge is 2.60. The summed E-state index contributed by atoms with van der Waals surface area (Å²) in [5, 5.41) is 40.4. The highest BCUT2D eigenvalue weighted by molar-refractivity contribution is 7.99. The van der Waals surface area contributed by atoms with E-state index in [0.29, 0.717) is 64.5 Å². The monoisotopic (exact) mass is 798 g/mol. The topological polar surface area (TPSA) is 190 Å². The van der Waals surface area contributed by atoms with Crippen molar-refractivity contribution in [3.63, 3.8) is 0 Å². The van der Waals surface area contributed by atoms with Gasteiger partial charge >= 0.3 is 12.1 Å². The third kappa shape index (κ3) is 5.43. The quantitative estimate of drug-likeness (QED) is 0.161. The molecule has 7 atom stereocenters. The molecule has 7 aliphatic rings. The molecule has 16 heteroatoms. The van der Waals surface area contributed by atoms with Crippen molar-refractivity contribution in [2.45, 2.75) is 67.7 Å². The number of piperazine rings is 1. The number of carbonyl (C=O) groups excluding carboxylic acids is 2. The maximum absolute atomic E-state index is 14.8. The van der Waals surface area contributed by atoms with Crippen LogP contribution in [0.25, 0.3) is 0 Å². The zero-order chi connectivity index (χ0) is 39.9. The summed E-state index contributed by atoms with van der Waals surface area (Å²) < 4.78 is 41.4. The van der Waals surface area contributed by atoms with Crippen molar-refractivity contribution in [2.75, 3.05) is 46.5 Å². The van der Waals surface area contributed by atoms with Gasteiger partial charge in [0, 0.05) is 46.6 Å². The summed E-state index contributed by atoms with van der Waals surface area (Å²) in [5.41, 5.74) is 3.95. The van der Waals surface area contributed by atoms with Gasteiger partial charge in [0.05, 0.1) is 37.6 Å². The van der Waals surface area contributed by atoms with Crippen LogP contribution in [-0.2, 0) is 32.6 Å². The predicted molar refractivity (Wildman–Crippen MR) is 204 cm³/mol. The van der Waals surface area contributed by atoms with Crippen molar-refractivity contribution in [3.8, 4) is 46.3 Å². The van der Waals surface area contributed by atoms with Gasteiger partial charge in [0.15, 0.2) is 40.0 Å². The van der Waals surface area contributed by atoms with Gasteiger partial charge in [-0.25, -0.2) is 9.59 Å². The van der Waals surface area contributed by atoms with Gasteiger partial charge in [-0.3, -0.25) is 10.2 Å². The first-order valence-electron chi connectivity index (χ1n) is 18.7. The zero-order valence-corrected chi connectivity index (χ0v) is 32.6. The fraction of sp³-hybridized carbons (Fsp3) is 0.439. The molecular weight excluding hydrogens is 757 g/mol. The Bertz CT molecular complexity index is 2280. The van der Waals surface area contributed by atoms with Crippen LogP contribution >= 0.6 is 11.8 Å². The van der Waals surface area contributed by atoms with Gasteiger partial charge in [-0.1, -0.05) is 18.7 Å². The fourth-order valence-electron chi connectivity index (χ4n) is 9.89. The summed E-state index contributed by atoms with van der Waals surface area (Å²) in [6.45, 7) is 7.31. The maximum atomic E-state index is 14.8. The van der Waals surface area contributed by atoms with Crippen molar-refractivity contribution < 1.29 is 53.0 Å². The molecule has 298 valence electrons. The van der Waals surface area contributed by atoms with E-state index in [-0.39, 0.29) is 54.8 Å². The molecule has 0 radical (unpaired) electrons. The lowest BCUT2D eigenvalue weighted by molar-refractivity contribution is -0.155. The number of fused-ring (bicyclic) bond motifs is 9. The summed E-state index contributed by atoms with van der Waals surface area (Å²) in [7, 11) is 2.97. The van der Waals surface area contributed by atoms with Crippen molar-refractivity contribution in [1.29, 1.82) is 5.26 Å². The second-order valence-corrected chi connectivity index (χ2v) is 16.2. The van der Waals surface area contributed by atoms with Crippen LogP contribution < -0.4 is 34.3 Å². The number of aromatic hydroxyl groups is 2. The lowest BCUT2D eigenvalue weighted by Gasteiger charge is -2.59. The molecule has 10 rings (SSSR count). The minimum Gasteiger partial charge on any atom is -0.504 e. The number of hydrogen-bond donors (Lipinski definition) is 4. The molecule has 0 amide bonds. The molecule has 2 fully saturated rings. The lowest BCUT2D eigenvalue weighted by atomic mass is 9.72. The molecular formula is C41H42N4O11S. The Morgan fingerprint density at radius 2 is 1.91 bits per heavy atom. The third-order valence-corrected chi connectivity index (χ3v) is 13.7. The SMILES string of the molecule is C=CCOC(=O)Oc1c(C)c2c(c3c1[C@H]1SC[C@]4(NCCc5cc(O)c(OC)cc54)C(=O)OC[C@@H]3N3C1[C@@H]1N[C@@H](Cc4cc(C)c(OC)c(O)c41)[C@@H]3C#N)OCO2. The summed E-state index contributed by atoms with van der Waals surface area (Å²) in [6.07, 6.45) is 1.47. The largest absolute Gasteiger partial charge is 0.514 e. The standard InChI is InChI=1S/C41H42N4O11S/c1-6-9-52-40(49)56-35-19(3)36-37(55-17-54-36)29-25-15-53-39(48)41(22-13-27(50-4)26(46)12-20(22)7-8-43-41)16-57-38(30(29)35)32-31-28-21(10-18(2)34(51-5)33(28)47)11-23(44-31)24(14-42)45(25)32/h6,10,12-13,23-25,31-32,38,43-44,46-47H,1,7-9,11,15-17H2,2-5H3/t23-,24-,25-,31+,32?,38+,41+/m0/s1. The van der Waals surface area contributed by atoms with Crippen molar-refractivity contribution in [2.24, 2.45) is 0 Å². The minimum atomic E-state index is -1.40. The molecule has 3 aromatic rings.